The Balaban J connectivity index is 1.67. The minimum Gasteiger partial charge on any atom is -0.494 e. The summed E-state index contributed by atoms with van der Waals surface area (Å²) in [5, 5.41) is 3.91. The molecule has 5 heteroatoms. The van der Waals surface area contributed by atoms with E-state index in [1.165, 1.54) is 11.8 Å². The van der Waals surface area contributed by atoms with E-state index in [1.54, 1.807) is 6.20 Å². The van der Waals surface area contributed by atoms with Crippen molar-refractivity contribution in [3.63, 3.8) is 0 Å². The topological polar surface area (TPSA) is 38.3 Å². The predicted octanol–water partition coefficient (Wildman–Crippen LogP) is 4.66. The summed E-state index contributed by atoms with van der Waals surface area (Å²) in [4.78, 5) is 14.1. The summed E-state index contributed by atoms with van der Waals surface area (Å²) in [7, 11) is 0. The Morgan fingerprint density at radius 2 is 2.00 bits per heavy atom. The lowest BCUT2D eigenvalue weighted by Crippen LogP contribution is -2.07. The lowest BCUT2D eigenvalue weighted by molar-refractivity contribution is 0.104. The first-order valence-corrected chi connectivity index (χ1v) is 8.54. The van der Waals surface area contributed by atoms with E-state index in [2.05, 4.69) is 5.32 Å². The minimum absolute atomic E-state index is 0.0372. The molecule has 0 spiro atoms. The number of nitrogens with one attached hydrogen (secondary N) is 1. The van der Waals surface area contributed by atoms with Crippen molar-refractivity contribution in [2.45, 2.75) is 18.4 Å². The maximum atomic E-state index is 12.4. The van der Waals surface area contributed by atoms with Gasteiger partial charge in [-0.1, -0.05) is 35.5 Å². The fourth-order valence-corrected chi connectivity index (χ4v) is 3.39. The van der Waals surface area contributed by atoms with Gasteiger partial charge in [0, 0.05) is 28.2 Å². The molecule has 0 aliphatic carbocycles. The van der Waals surface area contributed by atoms with E-state index in [0.717, 1.165) is 16.2 Å². The van der Waals surface area contributed by atoms with Crippen LogP contribution in [0.5, 0.6) is 5.75 Å². The number of allylic oxidation sites excluding steroid dienone is 1. The molecule has 1 N–H and O–H groups in total. The van der Waals surface area contributed by atoms with Crippen LogP contribution in [-0.2, 0) is 6.54 Å². The van der Waals surface area contributed by atoms with E-state index in [-0.39, 0.29) is 5.78 Å². The van der Waals surface area contributed by atoms with Crippen LogP contribution in [0.1, 0.15) is 22.8 Å². The Morgan fingerprint density at radius 3 is 2.74 bits per heavy atom. The van der Waals surface area contributed by atoms with Crippen LogP contribution in [0.15, 0.2) is 58.5 Å². The molecule has 118 valence electrons. The number of carbonyl (C=O) groups excluding carboxylic acids is 1. The van der Waals surface area contributed by atoms with Crippen LogP contribution in [-0.4, -0.2) is 12.4 Å². The van der Waals surface area contributed by atoms with E-state index in [9.17, 15) is 4.79 Å². The van der Waals surface area contributed by atoms with Gasteiger partial charge in [0.1, 0.15) is 5.75 Å². The van der Waals surface area contributed by atoms with Crippen LogP contribution in [0, 0.1) is 0 Å². The third-order valence-corrected chi connectivity index (χ3v) is 4.75. The van der Waals surface area contributed by atoms with Crippen LogP contribution in [0.3, 0.4) is 0 Å². The van der Waals surface area contributed by atoms with Crippen LogP contribution in [0.2, 0.25) is 5.02 Å². The van der Waals surface area contributed by atoms with Crippen LogP contribution < -0.4 is 10.1 Å². The molecule has 3 rings (SSSR count). The highest BCUT2D eigenvalue weighted by Gasteiger charge is 2.26. The van der Waals surface area contributed by atoms with E-state index in [1.807, 2.05) is 49.4 Å². The Morgan fingerprint density at radius 1 is 1.22 bits per heavy atom. The summed E-state index contributed by atoms with van der Waals surface area (Å²) >= 11 is 7.35. The molecular weight excluding hydrogens is 330 g/mol. The normalized spacial score (nSPS) is 14.9. The summed E-state index contributed by atoms with van der Waals surface area (Å²) < 4.78 is 5.46. The lowest BCUT2D eigenvalue weighted by atomic mass is 10.1. The van der Waals surface area contributed by atoms with Crippen molar-refractivity contribution in [3.8, 4) is 5.75 Å². The van der Waals surface area contributed by atoms with Gasteiger partial charge in [-0.25, -0.2) is 0 Å². The monoisotopic (exact) mass is 345 g/mol. The Labute approximate surface area is 144 Å². The molecule has 0 fully saturated rings. The minimum atomic E-state index is 0.0372. The molecule has 0 aromatic heterocycles. The molecule has 1 aliphatic heterocycles. The third-order valence-electron chi connectivity index (χ3n) is 3.40. The first-order chi connectivity index (χ1) is 11.2. The zero-order valence-electron chi connectivity index (χ0n) is 12.6. The van der Waals surface area contributed by atoms with Crippen molar-refractivity contribution in [1.82, 2.24) is 5.32 Å². The van der Waals surface area contributed by atoms with Crippen molar-refractivity contribution in [1.29, 1.82) is 0 Å². The van der Waals surface area contributed by atoms with Gasteiger partial charge in [-0.15, -0.1) is 0 Å². The molecule has 1 heterocycles. The van der Waals surface area contributed by atoms with E-state index in [4.69, 9.17) is 16.3 Å². The number of fused-ring (bicyclic) bond motifs is 1. The highest BCUT2D eigenvalue weighted by Crippen LogP contribution is 2.41. The number of hydrogen-bond donors (Lipinski definition) is 1. The molecule has 0 saturated carbocycles. The quantitative estimate of drug-likeness (QED) is 0.800. The zero-order valence-corrected chi connectivity index (χ0v) is 14.2. The number of ketones is 1. The fraction of sp³-hybridized carbons (Fsp3) is 0.167. The molecule has 0 bridgehead atoms. The van der Waals surface area contributed by atoms with Gasteiger partial charge in [-0.05, 0) is 42.8 Å². The van der Waals surface area contributed by atoms with Gasteiger partial charge in [0.05, 0.1) is 11.5 Å². The van der Waals surface area contributed by atoms with Crippen molar-refractivity contribution in [2.24, 2.45) is 0 Å². The maximum Gasteiger partial charge on any atom is 0.202 e. The molecule has 0 unspecified atom stereocenters. The second kappa shape index (κ2) is 7.11. The van der Waals surface area contributed by atoms with Gasteiger partial charge in [0.15, 0.2) is 0 Å². The average Bonchev–Trinajstić information content (AvgIpc) is 2.86. The molecule has 0 saturated heterocycles. The maximum absolute atomic E-state index is 12.4. The molecule has 3 nitrogen and oxygen atoms in total. The number of halogens is 1. The van der Waals surface area contributed by atoms with Gasteiger partial charge in [-0.2, -0.15) is 0 Å². The highest BCUT2D eigenvalue weighted by atomic mass is 35.5. The number of rotatable bonds is 5. The van der Waals surface area contributed by atoms with Crippen molar-refractivity contribution >= 4 is 29.1 Å². The number of carbonyl (C=O) groups is 1. The standard InChI is InChI=1S/C18H16ClNO2S/c1-2-22-14-7-8-16-15(9-14)18(21)17(23-16)11-20-10-12-3-5-13(19)6-4-12/h3-9,11,20H,2,10H2,1H3/b17-11-. The lowest BCUT2D eigenvalue weighted by Gasteiger charge is -2.03. The molecule has 1 aliphatic rings. The average molecular weight is 346 g/mol. The molecule has 2 aromatic carbocycles. The predicted molar refractivity (Wildman–Crippen MR) is 94.2 cm³/mol. The first kappa shape index (κ1) is 16.0. The highest BCUT2D eigenvalue weighted by molar-refractivity contribution is 8.04. The molecule has 2 aromatic rings. The van der Waals surface area contributed by atoms with Crippen molar-refractivity contribution in [2.75, 3.05) is 6.61 Å². The smallest absolute Gasteiger partial charge is 0.202 e. The second-order valence-electron chi connectivity index (χ2n) is 5.04. The number of benzene rings is 2. The summed E-state index contributed by atoms with van der Waals surface area (Å²) in [5.41, 5.74) is 1.82. The van der Waals surface area contributed by atoms with Gasteiger partial charge >= 0.3 is 0 Å². The SMILES string of the molecule is CCOc1ccc2c(c1)C(=O)/C(=C/NCc1ccc(Cl)cc1)S2. The number of hydrogen-bond acceptors (Lipinski definition) is 4. The largest absolute Gasteiger partial charge is 0.494 e. The molecule has 0 radical (unpaired) electrons. The summed E-state index contributed by atoms with van der Waals surface area (Å²) in [6.07, 6.45) is 1.78. The van der Waals surface area contributed by atoms with Gasteiger partial charge in [0.25, 0.3) is 0 Å². The summed E-state index contributed by atoms with van der Waals surface area (Å²) in [6, 6.07) is 13.3. The third kappa shape index (κ3) is 3.71. The molecule has 0 amide bonds. The van der Waals surface area contributed by atoms with E-state index >= 15 is 0 Å². The number of ether oxygens (including phenoxy) is 1. The Bertz CT molecular complexity index is 756. The number of Topliss-reactive ketones (excluding diaryl/α,β-unsaturated/α-hetero) is 1. The first-order valence-electron chi connectivity index (χ1n) is 7.35. The molecular formula is C18H16ClNO2S. The number of thioether (sulfide) groups is 1. The van der Waals surface area contributed by atoms with Gasteiger partial charge < -0.3 is 10.1 Å². The van der Waals surface area contributed by atoms with E-state index < -0.39 is 0 Å². The van der Waals surface area contributed by atoms with Crippen molar-refractivity contribution < 1.29 is 9.53 Å². The second-order valence-corrected chi connectivity index (χ2v) is 6.56. The summed E-state index contributed by atoms with van der Waals surface area (Å²) in [5.74, 6) is 0.769. The van der Waals surface area contributed by atoms with Gasteiger partial charge in [0.2, 0.25) is 5.78 Å². The Kier molecular flexibility index (Phi) is 4.94. The van der Waals surface area contributed by atoms with Gasteiger partial charge in [-0.3, -0.25) is 4.79 Å². The fourth-order valence-electron chi connectivity index (χ4n) is 2.29. The zero-order chi connectivity index (χ0) is 16.2. The van der Waals surface area contributed by atoms with E-state index in [0.29, 0.717) is 28.6 Å². The summed E-state index contributed by atoms with van der Waals surface area (Å²) in [6.45, 7) is 3.16. The van der Waals surface area contributed by atoms with Crippen LogP contribution in [0.4, 0.5) is 0 Å². The molecule has 0 atom stereocenters. The van der Waals surface area contributed by atoms with Crippen molar-refractivity contribution in [3.05, 3.63) is 69.7 Å². The van der Waals surface area contributed by atoms with Crippen LogP contribution in [0.25, 0.3) is 0 Å². The van der Waals surface area contributed by atoms with Crippen LogP contribution >= 0.6 is 23.4 Å². The Hall–Kier alpha value is -1.91. The molecule has 23 heavy (non-hydrogen) atoms.